The number of rotatable bonds is 7. The minimum atomic E-state index is -0.120. The molecule has 5 aliphatic heterocycles. The third-order valence-electron chi connectivity index (χ3n) is 9.96. The van der Waals surface area contributed by atoms with E-state index in [0.717, 1.165) is 66.3 Å². The number of fused-ring (bicyclic) bond motifs is 4. The van der Waals surface area contributed by atoms with Gasteiger partial charge in [-0.3, -0.25) is 9.69 Å². The van der Waals surface area contributed by atoms with Crippen LogP contribution in [0.5, 0.6) is 0 Å². The molecule has 0 aliphatic carbocycles. The highest BCUT2D eigenvalue weighted by Gasteiger charge is 2.41. The summed E-state index contributed by atoms with van der Waals surface area (Å²) in [7, 11) is 0. The number of ether oxygens (including phenoxy) is 1. The highest BCUT2D eigenvalue weighted by Crippen LogP contribution is 2.43. The molecule has 11 nitrogen and oxygen atoms in total. The molecule has 4 fully saturated rings. The second kappa shape index (κ2) is 10.7. The predicted molar refractivity (Wildman–Crippen MR) is 158 cm³/mol. The van der Waals surface area contributed by atoms with Crippen LogP contribution in [0.2, 0.25) is 0 Å². The Morgan fingerprint density at radius 2 is 1.88 bits per heavy atom. The first kappa shape index (κ1) is 26.2. The van der Waals surface area contributed by atoms with Crippen molar-refractivity contribution in [3.05, 3.63) is 41.3 Å². The van der Waals surface area contributed by atoms with Gasteiger partial charge in [-0.25, -0.2) is 19.9 Å². The van der Waals surface area contributed by atoms with Crippen molar-refractivity contribution in [1.29, 1.82) is 0 Å². The zero-order valence-corrected chi connectivity index (χ0v) is 23.9. The molecule has 0 unspecified atom stereocenters. The molecular weight excluding hydrogens is 532 g/mol. The van der Waals surface area contributed by atoms with E-state index in [0.29, 0.717) is 55.8 Å². The number of carbonyl (C=O) groups excluding carboxylic acids is 1. The number of anilines is 3. The van der Waals surface area contributed by atoms with E-state index in [1.54, 1.807) is 0 Å². The minimum Gasteiger partial charge on any atom is -0.395 e. The van der Waals surface area contributed by atoms with Gasteiger partial charge in [0.15, 0.2) is 5.82 Å². The van der Waals surface area contributed by atoms with Gasteiger partial charge < -0.3 is 25.0 Å². The second-order valence-electron chi connectivity index (χ2n) is 12.5. The maximum atomic E-state index is 13.3. The van der Waals surface area contributed by atoms with Crippen LogP contribution in [-0.2, 0) is 22.5 Å². The molecular formula is C31H38N8O3. The van der Waals surface area contributed by atoms with E-state index < -0.39 is 0 Å². The van der Waals surface area contributed by atoms with Crippen LogP contribution in [-0.4, -0.2) is 98.3 Å². The molecule has 0 radical (unpaired) electrons. The van der Waals surface area contributed by atoms with Gasteiger partial charge in [0.05, 0.1) is 31.6 Å². The highest BCUT2D eigenvalue weighted by molar-refractivity contribution is 5.90. The molecule has 42 heavy (non-hydrogen) atoms. The molecule has 0 spiro atoms. The van der Waals surface area contributed by atoms with Crippen molar-refractivity contribution in [2.45, 2.75) is 75.5 Å². The lowest BCUT2D eigenvalue weighted by Gasteiger charge is -2.33. The normalized spacial score (nSPS) is 25.7. The number of aromatic nitrogens is 4. The van der Waals surface area contributed by atoms with Crippen LogP contribution < -0.4 is 10.2 Å². The average Bonchev–Trinajstić information content (AvgIpc) is 3.72. The van der Waals surface area contributed by atoms with Gasteiger partial charge in [0.2, 0.25) is 11.9 Å². The van der Waals surface area contributed by atoms with Crippen molar-refractivity contribution in [2.24, 2.45) is 0 Å². The van der Waals surface area contributed by atoms with E-state index in [1.807, 2.05) is 17.2 Å². The Hall–Kier alpha value is -3.41. The number of hydrogen-bond donors (Lipinski definition) is 2. The molecule has 1 amide bonds. The van der Waals surface area contributed by atoms with Gasteiger partial charge in [0, 0.05) is 61.3 Å². The summed E-state index contributed by atoms with van der Waals surface area (Å²) in [4.78, 5) is 39.6. The molecule has 5 aliphatic rings. The Kier molecular flexibility index (Phi) is 6.68. The molecule has 8 rings (SSSR count). The summed E-state index contributed by atoms with van der Waals surface area (Å²) in [5, 5.41) is 13.7. The van der Waals surface area contributed by atoms with Crippen LogP contribution in [0.25, 0.3) is 10.9 Å². The number of nitrogens with zero attached hydrogens (tertiary/aromatic N) is 7. The fourth-order valence-electron chi connectivity index (χ4n) is 7.66. The van der Waals surface area contributed by atoms with E-state index in [-0.39, 0.29) is 18.6 Å². The van der Waals surface area contributed by atoms with Gasteiger partial charge in [-0.05, 0) is 62.8 Å². The number of pyridine rings is 2. The standard InChI is InChI=1S/C31H38N8O3/c40-13-12-37-10-1-2-26(37)30(41)38-11-9-24-19(16-38)3-8-27(33-24)35-31-32-15-20-14-25(21-17-42-18-21)34-29(28(20)36-31)39-22-4-5-23(39)7-6-22/h3,8,14-15,21-23,26,40H,1-2,4-7,9-13,16-18H2,(H,32,33,35,36)/t22?,23?,26-/m1/s1. The van der Waals surface area contributed by atoms with E-state index in [4.69, 9.17) is 19.7 Å². The van der Waals surface area contributed by atoms with Crippen molar-refractivity contribution >= 4 is 34.4 Å². The number of amides is 1. The summed E-state index contributed by atoms with van der Waals surface area (Å²) in [6.45, 7) is 4.19. The summed E-state index contributed by atoms with van der Waals surface area (Å²) < 4.78 is 5.47. The van der Waals surface area contributed by atoms with Crippen molar-refractivity contribution in [3.63, 3.8) is 0 Å². The first-order valence-electron chi connectivity index (χ1n) is 15.6. The number of nitrogens with one attached hydrogen (secondary N) is 1. The van der Waals surface area contributed by atoms with E-state index in [9.17, 15) is 9.90 Å². The quantitative estimate of drug-likeness (QED) is 0.439. The Morgan fingerprint density at radius 3 is 2.64 bits per heavy atom. The fourth-order valence-corrected chi connectivity index (χ4v) is 7.66. The first-order chi connectivity index (χ1) is 20.6. The molecule has 220 valence electrons. The molecule has 4 saturated heterocycles. The molecule has 2 N–H and O–H groups in total. The molecule has 1 atom stereocenters. The number of β-amino-alcohol motifs (C(OH)–C–C–N with tert-alkyl or cyclic N) is 1. The lowest BCUT2D eigenvalue weighted by atomic mass is 10.0. The van der Waals surface area contributed by atoms with Crippen LogP contribution in [0.1, 0.15) is 61.4 Å². The number of hydrogen-bond acceptors (Lipinski definition) is 10. The first-order valence-corrected chi connectivity index (χ1v) is 15.6. The minimum absolute atomic E-state index is 0.0846. The van der Waals surface area contributed by atoms with Crippen LogP contribution in [0.4, 0.5) is 17.6 Å². The zero-order valence-electron chi connectivity index (χ0n) is 23.9. The summed E-state index contributed by atoms with van der Waals surface area (Å²) in [6, 6.07) is 7.12. The predicted octanol–water partition coefficient (Wildman–Crippen LogP) is 2.75. The molecule has 3 aromatic rings. The van der Waals surface area contributed by atoms with Gasteiger partial charge in [0.1, 0.15) is 11.3 Å². The average molecular weight is 571 g/mol. The van der Waals surface area contributed by atoms with Gasteiger partial charge in [-0.2, -0.15) is 0 Å². The lowest BCUT2D eigenvalue weighted by molar-refractivity contribution is -0.137. The molecule has 11 heteroatoms. The molecule has 8 heterocycles. The number of likely N-dealkylation sites (tertiary alicyclic amines) is 1. The van der Waals surface area contributed by atoms with Crippen molar-refractivity contribution < 1.29 is 14.6 Å². The number of aliphatic hydroxyl groups is 1. The van der Waals surface area contributed by atoms with Crippen molar-refractivity contribution in [3.8, 4) is 0 Å². The van der Waals surface area contributed by atoms with Gasteiger partial charge in [-0.1, -0.05) is 6.07 Å². The molecule has 2 bridgehead atoms. The van der Waals surface area contributed by atoms with Gasteiger partial charge in [0.25, 0.3) is 0 Å². The van der Waals surface area contributed by atoms with Crippen LogP contribution in [0, 0.1) is 0 Å². The zero-order chi connectivity index (χ0) is 28.2. The summed E-state index contributed by atoms with van der Waals surface area (Å²) in [5.74, 6) is 2.73. The maximum Gasteiger partial charge on any atom is 0.240 e. The Balaban J connectivity index is 1.03. The number of aliphatic hydroxyl groups excluding tert-OH is 1. The topological polar surface area (TPSA) is 120 Å². The van der Waals surface area contributed by atoms with E-state index >= 15 is 0 Å². The Morgan fingerprint density at radius 1 is 1.05 bits per heavy atom. The van der Waals surface area contributed by atoms with Crippen LogP contribution in [0.3, 0.4) is 0 Å². The van der Waals surface area contributed by atoms with E-state index in [1.165, 1.54) is 25.7 Å². The smallest absolute Gasteiger partial charge is 0.240 e. The largest absolute Gasteiger partial charge is 0.395 e. The van der Waals surface area contributed by atoms with Crippen molar-refractivity contribution in [1.82, 2.24) is 29.7 Å². The number of carbonyl (C=O) groups is 1. The Bertz CT molecular complexity index is 1490. The second-order valence-corrected chi connectivity index (χ2v) is 12.5. The maximum absolute atomic E-state index is 13.3. The molecule has 3 aromatic heterocycles. The Labute approximate surface area is 245 Å². The van der Waals surface area contributed by atoms with E-state index in [2.05, 4.69) is 32.2 Å². The van der Waals surface area contributed by atoms with Gasteiger partial charge >= 0.3 is 0 Å². The summed E-state index contributed by atoms with van der Waals surface area (Å²) in [6.07, 6.45) is 9.39. The lowest BCUT2D eigenvalue weighted by Crippen LogP contribution is -2.48. The van der Waals surface area contributed by atoms with Crippen molar-refractivity contribution in [2.75, 3.05) is 49.7 Å². The SMILES string of the molecule is O=C([C@H]1CCCN1CCO)N1CCc2nc(Nc3ncc4cc(C5COC5)nc(N5C6CCC5CC6)c4n3)ccc2C1. The summed E-state index contributed by atoms with van der Waals surface area (Å²) in [5.41, 5.74) is 4.06. The van der Waals surface area contributed by atoms with Crippen LogP contribution in [0.15, 0.2) is 24.4 Å². The van der Waals surface area contributed by atoms with Crippen LogP contribution >= 0.6 is 0 Å². The fraction of sp³-hybridized carbons (Fsp3) is 0.581. The third-order valence-corrected chi connectivity index (χ3v) is 9.96. The summed E-state index contributed by atoms with van der Waals surface area (Å²) >= 11 is 0. The third kappa shape index (κ3) is 4.58. The molecule has 0 aromatic carbocycles. The molecule has 0 saturated carbocycles. The monoisotopic (exact) mass is 570 g/mol. The highest BCUT2D eigenvalue weighted by atomic mass is 16.5. The van der Waals surface area contributed by atoms with Gasteiger partial charge in [-0.15, -0.1) is 0 Å².